The summed E-state index contributed by atoms with van der Waals surface area (Å²) in [6, 6.07) is 2.58. The molecule has 0 radical (unpaired) electrons. The summed E-state index contributed by atoms with van der Waals surface area (Å²) in [6.07, 6.45) is 3.83. The van der Waals surface area contributed by atoms with Crippen molar-refractivity contribution in [2.45, 2.75) is 39.2 Å². The average molecular weight is 319 g/mol. The van der Waals surface area contributed by atoms with Gasteiger partial charge < -0.3 is 5.73 Å². The van der Waals surface area contributed by atoms with E-state index in [4.69, 9.17) is 5.73 Å². The minimum Gasteiger partial charge on any atom is -0.329 e. The fourth-order valence-corrected chi connectivity index (χ4v) is 3.67. The molecule has 0 aliphatic carbocycles. The van der Waals surface area contributed by atoms with Gasteiger partial charge in [-0.05, 0) is 48.9 Å². The lowest BCUT2D eigenvalue weighted by atomic mass is 10.2. The van der Waals surface area contributed by atoms with Crippen LogP contribution in [0.3, 0.4) is 0 Å². The van der Waals surface area contributed by atoms with Gasteiger partial charge in [0.1, 0.15) is 0 Å². The summed E-state index contributed by atoms with van der Waals surface area (Å²) in [6.45, 7) is 6.20. The number of nitrogens with zero attached hydrogens (tertiary/aromatic N) is 1. The van der Waals surface area contributed by atoms with Crippen molar-refractivity contribution in [2.24, 2.45) is 5.73 Å². The van der Waals surface area contributed by atoms with Crippen LogP contribution in [0.25, 0.3) is 0 Å². The van der Waals surface area contributed by atoms with Crippen molar-refractivity contribution in [2.75, 3.05) is 20.1 Å². The molecule has 0 amide bonds. The van der Waals surface area contributed by atoms with Crippen LogP contribution >= 0.6 is 27.3 Å². The van der Waals surface area contributed by atoms with Gasteiger partial charge in [-0.2, -0.15) is 0 Å². The third kappa shape index (κ3) is 4.36. The molecule has 0 aromatic carbocycles. The van der Waals surface area contributed by atoms with Crippen LogP contribution in [0.1, 0.15) is 42.0 Å². The van der Waals surface area contributed by atoms with Gasteiger partial charge in [-0.25, -0.2) is 0 Å². The Labute approximate surface area is 117 Å². The first-order valence-corrected chi connectivity index (χ1v) is 7.87. The summed E-state index contributed by atoms with van der Waals surface area (Å²) in [5, 5.41) is 0. The Balaban J connectivity index is 2.63. The third-order valence-electron chi connectivity index (χ3n) is 3.07. The smallest absolute Gasteiger partial charge is 0.0562 e. The molecule has 98 valence electrons. The molecule has 1 heterocycles. The number of rotatable bonds is 7. The van der Waals surface area contributed by atoms with E-state index in [1.807, 2.05) is 11.3 Å². The molecule has 1 rings (SSSR count). The SMILES string of the molecule is CCCCCN(C)C(CN)c1cc(Br)c(C)s1. The number of unbranched alkanes of at least 4 members (excludes halogenated alkanes) is 2. The van der Waals surface area contributed by atoms with E-state index in [1.165, 1.54) is 33.5 Å². The van der Waals surface area contributed by atoms with Crippen molar-refractivity contribution in [3.63, 3.8) is 0 Å². The number of aryl methyl sites for hydroxylation is 1. The van der Waals surface area contributed by atoms with Gasteiger partial charge in [0.05, 0.1) is 6.04 Å². The minimum atomic E-state index is 0.363. The van der Waals surface area contributed by atoms with Crippen molar-refractivity contribution in [1.29, 1.82) is 0 Å². The van der Waals surface area contributed by atoms with Crippen LogP contribution in [0.5, 0.6) is 0 Å². The van der Waals surface area contributed by atoms with E-state index in [0.717, 1.165) is 6.54 Å². The highest BCUT2D eigenvalue weighted by molar-refractivity contribution is 9.10. The van der Waals surface area contributed by atoms with Crippen molar-refractivity contribution in [3.8, 4) is 0 Å². The van der Waals surface area contributed by atoms with E-state index < -0.39 is 0 Å². The molecule has 4 heteroatoms. The Bertz CT molecular complexity index is 319. The highest BCUT2D eigenvalue weighted by Crippen LogP contribution is 2.32. The number of halogens is 1. The normalized spacial score (nSPS) is 13.3. The number of thiophene rings is 1. The van der Waals surface area contributed by atoms with E-state index in [1.54, 1.807) is 0 Å². The summed E-state index contributed by atoms with van der Waals surface area (Å²) in [4.78, 5) is 5.09. The van der Waals surface area contributed by atoms with Gasteiger partial charge in [-0.15, -0.1) is 11.3 Å². The highest BCUT2D eigenvalue weighted by atomic mass is 79.9. The molecule has 0 saturated carbocycles. The van der Waals surface area contributed by atoms with Crippen LogP contribution in [0, 0.1) is 6.92 Å². The second-order valence-electron chi connectivity index (χ2n) is 4.49. The Morgan fingerprint density at radius 2 is 2.18 bits per heavy atom. The molecule has 17 heavy (non-hydrogen) atoms. The van der Waals surface area contributed by atoms with Gasteiger partial charge in [0.15, 0.2) is 0 Å². The Morgan fingerprint density at radius 3 is 2.65 bits per heavy atom. The van der Waals surface area contributed by atoms with Gasteiger partial charge in [0.2, 0.25) is 0 Å². The molecule has 1 aromatic heterocycles. The van der Waals surface area contributed by atoms with Gasteiger partial charge in [-0.3, -0.25) is 4.90 Å². The maximum Gasteiger partial charge on any atom is 0.0562 e. The number of nitrogens with two attached hydrogens (primary N) is 1. The zero-order valence-corrected chi connectivity index (χ0v) is 13.4. The van der Waals surface area contributed by atoms with Crippen LogP contribution in [0.2, 0.25) is 0 Å². The molecular formula is C13H23BrN2S. The predicted molar refractivity (Wildman–Crippen MR) is 80.7 cm³/mol. The van der Waals surface area contributed by atoms with Gasteiger partial charge >= 0.3 is 0 Å². The summed E-state index contributed by atoms with van der Waals surface area (Å²) < 4.78 is 1.21. The van der Waals surface area contributed by atoms with Crippen molar-refractivity contribution < 1.29 is 0 Å². The molecule has 1 aromatic rings. The fraction of sp³-hybridized carbons (Fsp3) is 0.692. The number of likely N-dealkylation sites (N-methyl/N-ethyl adjacent to an activating group) is 1. The summed E-state index contributed by atoms with van der Waals surface area (Å²) >= 11 is 5.42. The molecule has 0 bridgehead atoms. The van der Waals surface area contributed by atoms with Crippen LogP contribution in [-0.4, -0.2) is 25.0 Å². The largest absolute Gasteiger partial charge is 0.329 e. The monoisotopic (exact) mass is 318 g/mol. The molecule has 0 fully saturated rings. The summed E-state index contributed by atoms with van der Waals surface area (Å²) in [7, 11) is 2.18. The maximum atomic E-state index is 5.92. The lowest BCUT2D eigenvalue weighted by molar-refractivity contribution is 0.248. The molecule has 2 N–H and O–H groups in total. The second-order valence-corrected chi connectivity index (χ2v) is 6.63. The fourth-order valence-electron chi connectivity index (χ4n) is 1.93. The molecule has 2 nitrogen and oxygen atoms in total. The van der Waals surface area contributed by atoms with Crippen molar-refractivity contribution in [3.05, 3.63) is 20.3 Å². The zero-order valence-electron chi connectivity index (χ0n) is 11.0. The lowest BCUT2D eigenvalue weighted by Crippen LogP contribution is -2.30. The Hall–Kier alpha value is 0.1000. The summed E-state index contributed by atoms with van der Waals surface area (Å²) in [5.74, 6) is 0. The molecule has 0 spiro atoms. The third-order valence-corrected chi connectivity index (χ3v) is 5.31. The van der Waals surface area contributed by atoms with E-state index in [9.17, 15) is 0 Å². The lowest BCUT2D eigenvalue weighted by Gasteiger charge is -2.26. The first-order chi connectivity index (χ1) is 8.10. The van der Waals surface area contributed by atoms with Gasteiger partial charge in [0.25, 0.3) is 0 Å². The molecular weight excluding hydrogens is 296 g/mol. The average Bonchev–Trinajstić information content (AvgIpc) is 2.60. The van der Waals surface area contributed by atoms with E-state index in [0.29, 0.717) is 12.6 Å². The van der Waals surface area contributed by atoms with E-state index in [-0.39, 0.29) is 0 Å². The van der Waals surface area contributed by atoms with E-state index >= 15 is 0 Å². The van der Waals surface area contributed by atoms with Crippen LogP contribution in [0.15, 0.2) is 10.5 Å². The van der Waals surface area contributed by atoms with Crippen LogP contribution < -0.4 is 5.73 Å². The first-order valence-electron chi connectivity index (χ1n) is 6.26. The van der Waals surface area contributed by atoms with Crippen LogP contribution in [0.4, 0.5) is 0 Å². The zero-order chi connectivity index (χ0) is 12.8. The minimum absolute atomic E-state index is 0.363. The second kappa shape index (κ2) is 7.52. The Morgan fingerprint density at radius 1 is 1.47 bits per heavy atom. The maximum absolute atomic E-state index is 5.92. The topological polar surface area (TPSA) is 29.3 Å². The molecule has 0 saturated heterocycles. The molecule has 1 atom stereocenters. The summed E-state index contributed by atoms with van der Waals surface area (Å²) in [5.41, 5.74) is 5.92. The van der Waals surface area contributed by atoms with Crippen molar-refractivity contribution >= 4 is 27.3 Å². The Kier molecular flexibility index (Phi) is 6.70. The van der Waals surface area contributed by atoms with Gasteiger partial charge in [-0.1, -0.05) is 19.8 Å². The van der Waals surface area contributed by atoms with E-state index in [2.05, 4.69) is 47.8 Å². The highest BCUT2D eigenvalue weighted by Gasteiger charge is 2.18. The van der Waals surface area contributed by atoms with Crippen molar-refractivity contribution in [1.82, 2.24) is 4.90 Å². The number of hydrogen-bond donors (Lipinski definition) is 1. The molecule has 0 aliphatic heterocycles. The quantitative estimate of drug-likeness (QED) is 0.771. The standard InChI is InChI=1S/C13H23BrN2S/c1-4-5-6-7-16(3)12(9-15)13-8-11(14)10(2)17-13/h8,12H,4-7,9,15H2,1-3H3. The first kappa shape index (κ1) is 15.2. The van der Waals surface area contributed by atoms with Crippen LogP contribution in [-0.2, 0) is 0 Å². The van der Waals surface area contributed by atoms with Gasteiger partial charge in [0, 0.05) is 20.8 Å². The predicted octanol–water partition coefficient (Wildman–Crippen LogP) is 3.94. The molecule has 0 aliphatic rings. The molecule has 1 unspecified atom stereocenters. The number of hydrogen-bond acceptors (Lipinski definition) is 3.